The van der Waals surface area contributed by atoms with Crippen molar-refractivity contribution >= 4 is 29.2 Å². The Kier molecular flexibility index (Phi) is 6.38. The van der Waals surface area contributed by atoms with E-state index < -0.39 is 11.6 Å². The SMILES string of the molecule is O=C(Nc1ccccc1Cl)NC1(C(=O)NC[C@H]2CCCO2)CCCCC1. The molecule has 0 unspecified atom stereocenters. The van der Waals surface area contributed by atoms with Crippen LogP contribution in [0.15, 0.2) is 24.3 Å². The summed E-state index contributed by atoms with van der Waals surface area (Å²) in [6.07, 6.45) is 6.27. The van der Waals surface area contributed by atoms with Gasteiger partial charge in [0.15, 0.2) is 0 Å². The van der Waals surface area contributed by atoms with Gasteiger partial charge in [-0.25, -0.2) is 4.79 Å². The van der Waals surface area contributed by atoms with Gasteiger partial charge in [-0.3, -0.25) is 4.79 Å². The molecule has 3 N–H and O–H groups in total. The summed E-state index contributed by atoms with van der Waals surface area (Å²) in [5.41, 5.74) is -0.347. The van der Waals surface area contributed by atoms with Crippen LogP contribution in [-0.4, -0.2) is 36.7 Å². The number of carbonyl (C=O) groups excluding carboxylic acids is 2. The first-order valence-electron chi connectivity index (χ1n) is 9.33. The quantitative estimate of drug-likeness (QED) is 0.733. The van der Waals surface area contributed by atoms with Crippen molar-refractivity contribution < 1.29 is 14.3 Å². The van der Waals surface area contributed by atoms with Gasteiger partial charge in [0.25, 0.3) is 0 Å². The van der Waals surface area contributed by atoms with Crippen molar-refractivity contribution in [1.29, 1.82) is 0 Å². The molecular weight excluding hydrogens is 354 g/mol. The van der Waals surface area contributed by atoms with Crippen molar-refractivity contribution in [2.24, 2.45) is 0 Å². The summed E-state index contributed by atoms with van der Waals surface area (Å²) in [4.78, 5) is 25.4. The monoisotopic (exact) mass is 379 g/mol. The number of halogens is 1. The van der Waals surface area contributed by atoms with Gasteiger partial charge in [-0.05, 0) is 37.8 Å². The number of hydrogen-bond acceptors (Lipinski definition) is 3. The van der Waals surface area contributed by atoms with Crippen molar-refractivity contribution in [3.05, 3.63) is 29.3 Å². The average Bonchev–Trinajstić information content (AvgIpc) is 3.16. The number of ether oxygens (including phenoxy) is 1. The molecule has 6 nitrogen and oxygen atoms in total. The van der Waals surface area contributed by atoms with E-state index in [-0.39, 0.29) is 12.0 Å². The van der Waals surface area contributed by atoms with E-state index >= 15 is 0 Å². The zero-order valence-electron chi connectivity index (χ0n) is 14.9. The van der Waals surface area contributed by atoms with E-state index in [9.17, 15) is 9.59 Å². The Hall–Kier alpha value is -1.79. The Labute approximate surface area is 159 Å². The lowest BCUT2D eigenvalue weighted by Crippen LogP contribution is -2.61. The van der Waals surface area contributed by atoms with Crippen LogP contribution >= 0.6 is 11.6 Å². The van der Waals surface area contributed by atoms with Gasteiger partial charge in [0.2, 0.25) is 5.91 Å². The number of anilines is 1. The van der Waals surface area contributed by atoms with Gasteiger partial charge in [-0.2, -0.15) is 0 Å². The summed E-state index contributed by atoms with van der Waals surface area (Å²) in [6.45, 7) is 1.25. The molecule has 1 aliphatic carbocycles. The maximum Gasteiger partial charge on any atom is 0.320 e. The first kappa shape index (κ1) is 19.0. The van der Waals surface area contributed by atoms with E-state index in [1.165, 1.54) is 0 Å². The lowest BCUT2D eigenvalue weighted by atomic mass is 9.81. The van der Waals surface area contributed by atoms with E-state index in [2.05, 4.69) is 16.0 Å². The maximum atomic E-state index is 12.9. The van der Waals surface area contributed by atoms with Crippen LogP contribution in [-0.2, 0) is 9.53 Å². The second-order valence-electron chi connectivity index (χ2n) is 7.05. The first-order chi connectivity index (χ1) is 12.6. The fourth-order valence-electron chi connectivity index (χ4n) is 3.68. The minimum absolute atomic E-state index is 0.0801. The van der Waals surface area contributed by atoms with E-state index in [1.54, 1.807) is 24.3 Å². The molecule has 1 saturated heterocycles. The Morgan fingerprint density at radius 2 is 1.92 bits per heavy atom. The highest BCUT2D eigenvalue weighted by Crippen LogP contribution is 2.29. The Balaban J connectivity index is 1.63. The summed E-state index contributed by atoms with van der Waals surface area (Å²) >= 11 is 6.10. The Morgan fingerprint density at radius 1 is 1.15 bits per heavy atom. The minimum Gasteiger partial charge on any atom is -0.376 e. The van der Waals surface area contributed by atoms with E-state index in [0.29, 0.717) is 30.1 Å². The molecule has 3 amide bonds. The number of benzene rings is 1. The van der Waals surface area contributed by atoms with Crippen molar-refractivity contribution in [3.8, 4) is 0 Å². The molecule has 1 saturated carbocycles. The molecule has 1 aromatic carbocycles. The predicted molar refractivity (Wildman–Crippen MR) is 101 cm³/mol. The average molecular weight is 380 g/mol. The summed E-state index contributed by atoms with van der Waals surface area (Å²) in [7, 11) is 0. The fraction of sp³-hybridized carbons (Fsp3) is 0.579. The minimum atomic E-state index is -0.873. The molecule has 2 fully saturated rings. The van der Waals surface area contributed by atoms with Crippen molar-refractivity contribution in [2.75, 3.05) is 18.5 Å². The number of hydrogen-bond donors (Lipinski definition) is 3. The van der Waals surface area contributed by atoms with Gasteiger partial charge in [-0.1, -0.05) is 43.0 Å². The standard InChI is InChI=1S/C19H26ClN3O3/c20-15-8-2-3-9-16(15)22-18(25)23-19(10-4-1-5-11-19)17(24)21-13-14-7-6-12-26-14/h2-3,8-9,14H,1,4-7,10-13H2,(H,21,24)(H2,22,23,25)/t14-/m1/s1. The maximum absolute atomic E-state index is 12.9. The van der Waals surface area contributed by atoms with Gasteiger partial charge in [0.05, 0.1) is 16.8 Å². The molecule has 1 aromatic rings. The molecule has 7 heteroatoms. The highest BCUT2D eigenvalue weighted by Gasteiger charge is 2.41. The van der Waals surface area contributed by atoms with E-state index in [4.69, 9.17) is 16.3 Å². The molecule has 3 rings (SSSR count). The second kappa shape index (κ2) is 8.73. The van der Waals surface area contributed by atoms with Gasteiger partial charge < -0.3 is 20.7 Å². The summed E-state index contributed by atoms with van der Waals surface area (Å²) < 4.78 is 5.57. The number of carbonyl (C=O) groups is 2. The Morgan fingerprint density at radius 3 is 2.62 bits per heavy atom. The normalized spacial score (nSPS) is 21.8. The van der Waals surface area contributed by atoms with Gasteiger partial charge in [0, 0.05) is 13.2 Å². The van der Waals surface area contributed by atoms with Gasteiger partial charge >= 0.3 is 6.03 Å². The molecule has 2 aliphatic rings. The predicted octanol–water partition coefficient (Wildman–Crippen LogP) is 3.46. The molecule has 0 spiro atoms. The molecule has 1 aliphatic heterocycles. The molecule has 26 heavy (non-hydrogen) atoms. The lowest BCUT2D eigenvalue weighted by molar-refractivity contribution is -0.129. The zero-order valence-corrected chi connectivity index (χ0v) is 15.6. The zero-order chi connectivity index (χ0) is 18.4. The number of urea groups is 1. The summed E-state index contributed by atoms with van der Waals surface area (Å²) in [5.74, 6) is -0.123. The van der Waals surface area contributed by atoms with Crippen LogP contribution in [0.25, 0.3) is 0 Å². The van der Waals surface area contributed by atoms with Crippen molar-refractivity contribution in [2.45, 2.75) is 56.6 Å². The van der Waals surface area contributed by atoms with Crippen LogP contribution < -0.4 is 16.0 Å². The number of rotatable bonds is 5. The van der Waals surface area contributed by atoms with Gasteiger partial charge in [0.1, 0.15) is 5.54 Å². The van der Waals surface area contributed by atoms with Crippen LogP contribution in [0.4, 0.5) is 10.5 Å². The van der Waals surface area contributed by atoms with E-state index in [0.717, 1.165) is 38.7 Å². The molecular formula is C19H26ClN3O3. The van der Waals surface area contributed by atoms with Crippen LogP contribution in [0, 0.1) is 0 Å². The second-order valence-corrected chi connectivity index (χ2v) is 7.45. The number of para-hydroxylation sites is 1. The molecule has 0 aromatic heterocycles. The van der Waals surface area contributed by atoms with Crippen LogP contribution in [0.5, 0.6) is 0 Å². The molecule has 1 atom stereocenters. The highest BCUT2D eigenvalue weighted by atomic mass is 35.5. The summed E-state index contributed by atoms with van der Waals surface area (Å²) in [6, 6.07) is 6.63. The van der Waals surface area contributed by atoms with Crippen LogP contribution in [0.1, 0.15) is 44.9 Å². The lowest BCUT2D eigenvalue weighted by Gasteiger charge is -2.36. The summed E-state index contributed by atoms with van der Waals surface area (Å²) in [5, 5.41) is 9.11. The molecule has 1 heterocycles. The third kappa shape index (κ3) is 4.68. The first-order valence-corrected chi connectivity index (χ1v) is 9.70. The number of nitrogens with one attached hydrogen (secondary N) is 3. The topological polar surface area (TPSA) is 79.5 Å². The molecule has 0 radical (unpaired) electrons. The Bertz CT molecular complexity index is 641. The number of amides is 3. The molecule has 142 valence electrons. The van der Waals surface area contributed by atoms with Crippen molar-refractivity contribution in [1.82, 2.24) is 10.6 Å². The van der Waals surface area contributed by atoms with E-state index in [1.807, 2.05) is 0 Å². The largest absolute Gasteiger partial charge is 0.376 e. The highest BCUT2D eigenvalue weighted by molar-refractivity contribution is 6.33. The van der Waals surface area contributed by atoms with Crippen LogP contribution in [0.3, 0.4) is 0 Å². The smallest absolute Gasteiger partial charge is 0.320 e. The molecule has 0 bridgehead atoms. The van der Waals surface area contributed by atoms with Crippen molar-refractivity contribution in [3.63, 3.8) is 0 Å². The van der Waals surface area contributed by atoms with Gasteiger partial charge in [-0.15, -0.1) is 0 Å². The van der Waals surface area contributed by atoms with Crippen LogP contribution in [0.2, 0.25) is 5.02 Å². The third-order valence-electron chi connectivity index (χ3n) is 5.13. The fourth-order valence-corrected chi connectivity index (χ4v) is 3.86. The third-order valence-corrected chi connectivity index (χ3v) is 5.46.